The molecule has 1 aliphatic rings. The van der Waals surface area contributed by atoms with E-state index >= 15 is 0 Å². The molecular weight excluding hydrogens is 663 g/mol. The van der Waals surface area contributed by atoms with E-state index in [9.17, 15) is 45.1 Å². The van der Waals surface area contributed by atoms with Crippen LogP contribution < -0.4 is 5.32 Å². The zero-order valence-corrected chi connectivity index (χ0v) is 28.2. The van der Waals surface area contributed by atoms with Crippen LogP contribution in [0.3, 0.4) is 0 Å². The first-order chi connectivity index (χ1) is 22.5. The Morgan fingerprint density at radius 1 is 1.02 bits per heavy atom. The number of aryl methyl sites for hydroxylation is 1. The number of esters is 1. The maximum absolute atomic E-state index is 14.1. The molecule has 0 bridgehead atoms. The molecule has 1 heterocycles. The number of methoxy groups -OCH3 is 1. The number of carbonyl (C=O) groups is 3. The number of alkyl carbamates (subject to hydrolysis) is 1. The number of halogens is 7. The quantitative estimate of drug-likeness (QED) is 0.178. The lowest BCUT2D eigenvalue weighted by atomic mass is 9.88. The monoisotopic (exact) mass is 703 g/mol. The number of nitrogens with one attached hydrogen (secondary N) is 1. The van der Waals surface area contributed by atoms with Crippen LogP contribution in [-0.2, 0) is 26.6 Å². The van der Waals surface area contributed by atoms with Crippen molar-refractivity contribution in [2.75, 3.05) is 20.7 Å². The number of hydrogen-bond donors (Lipinski definition) is 1. The number of alkyl halides is 6. The molecule has 8 nitrogen and oxygen atoms in total. The van der Waals surface area contributed by atoms with Crippen molar-refractivity contribution >= 4 is 18.1 Å². The number of benzene rings is 2. The van der Waals surface area contributed by atoms with Crippen LogP contribution in [0.25, 0.3) is 0 Å². The van der Waals surface area contributed by atoms with E-state index in [1.54, 1.807) is 33.8 Å². The highest BCUT2D eigenvalue weighted by atomic mass is 19.4. The zero-order chi connectivity index (χ0) is 37.1. The Bertz CT molecular complexity index is 1530. The molecule has 15 heteroatoms. The lowest BCUT2D eigenvalue weighted by Crippen LogP contribution is -2.47. The van der Waals surface area contributed by atoms with Gasteiger partial charge in [0.15, 0.2) is 0 Å². The summed E-state index contributed by atoms with van der Waals surface area (Å²) < 4.78 is 105. The van der Waals surface area contributed by atoms with Crippen molar-refractivity contribution in [3.63, 3.8) is 0 Å². The van der Waals surface area contributed by atoms with E-state index in [1.165, 1.54) is 37.1 Å². The normalized spacial score (nSPS) is 17.7. The minimum atomic E-state index is -5.06. The van der Waals surface area contributed by atoms with E-state index in [0.717, 1.165) is 17.6 Å². The number of hydrogen-bond acceptors (Lipinski definition) is 5. The summed E-state index contributed by atoms with van der Waals surface area (Å²) in [6, 6.07) is 1.51. The Morgan fingerprint density at radius 3 is 2.12 bits per heavy atom. The Morgan fingerprint density at radius 2 is 1.61 bits per heavy atom. The van der Waals surface area contributed by atoms with E-state index in [0.29, 0.717) is 23.3 Å². The summed E-state index contributed by atoms with van der Waals surface area (Å²) in [5, 5.41) is 2.48. The molecule has 3 atom stereocenters. The van der Waals surface area contributed by atoms with Crippen molar-refractivity contribution in [2.24, 2.45) is 0 Å². The van der Waals surface area contributed by atoms with E-state index in [1.807, 2.05) is 0 Å². The predicted octanol–water partition coefficient (Wildman–Crippen LogP) is 8.50. The molecule has 2 aromatic rings. The Hall–Kier alpha value is -4.30. The van der Waals surface area contributed by atoms with Gasteiger partial charge >= 0.3 is 30.4 Å². The Labute approximate surface area is 280 Å². The van der Waals surface area contributed by atoms with E-state index in [2.05, 4.69) is 5.32 Å². The number of likely N-dealkylation sites (tertiary alicyclic amines) is 1. The third-order valence-electron chi connectivity index (χ3n) is 8.14. The van der Waals surface area contributed by atoms with Gasteiger partial charge in [0, 0.05) is 13.6 Å². The van der Waals surface area contributed by atoms with Gasteiger partial charge in [-0.3, -0.25) is 0 Å². The van der Waals surface area contributed by atoms with Crippen molar-refractivity contribution in [1.82, 2.24) is 15.1 Å². The number of rotatable bonds is 7. The minimum Gasteiger partial charge on any atom is -0.467 e. The molecule has 3 amide bonds. The maximum atomic E-state index is 14.1. The van der Waals surface area contributed by atoms with Crippen LogP contribution in [0.2, 0.25) is 0 Å². The fourth-order valence-corrected chi connectivity index (χ4v) is 5.49. The van der Waals surface area contributed by atoms with E-state index in [4.69, 9.17) is 9.47 Å². The van der Waals surface area contributed by atoms with Crippen molar-refractivity contribution in [3.8, 4) is 0 Å². The Balaban J connectivity index is 1.94. The number of amides is 3. The molecule has 0 aromatic heterocycles. The summed E-state index contributed by atoms with van der Waals surface area (Å²) in [5.41, 5.74) is -2.33. The molecule has 3 rings (SSSR count). The van der Waals surface area contributed by atoms with Gasteiger partial charge in [-0.15, -0.1) is 0 Å². The van der Waals surface area contributed by atoms with Crippen LogP contribution in [0.4, 0.5) is 40.3 Å². The molecule has 1 aliphatic heterocycles. The van der Waals surface area contributed by atoms with Crippen molar-refractivity contribution in [2.45, 2.75) is 90.0 Å². The highest BCUT2D eigenvalue weighted by molar-refractivity contribution is 5.81. The molecule has 0 radical (unpaired) electrons. The zero-order valence-electron chi connectivity index (χ0n) is 28.2. The summed E-state index contributed by atoms with van der Waals surface area (Å²) in [6.07, 6.45) is -8.74. The first kappa shape index (κ1) is 39.1. The SMILES string of the molecule is COC(=O)[C@@H](CC=C1CCN(C(=O)N(C)[C@H](C)c2cc(C(F)(F)F)cc(C(F)(F)F)c2)[C@@H](c2ccc(F)cc2C)C1)NC(=O)OC(C)(C)C. The molecule has 0 unspecified atom stereocenters. The van der Waals surface area contributed by atoms with Gasteiger partial charge in [0.2, 0.25) is 0 Å². The first-order valence-corrected chi connectivity index (χ1v) is 15.4. The standard InChI is InChI=1S/C34H40F7N3O5/c1-19-14-25(35)9-10-26(19)28-15-21(8-11-27(29(45)48-7)42-30(46)49-32(3,4)5)12-13-44(28)31(47)43(6)20(2)22-16-23(33(36,37)38)18-24(17-22)34(39,40)41/h8-10,14,16-18,20,27-28H,11-13,15H2,1-7H3,(H,42,46)/t20-,27-,28-/m1/s1. The average molecular weight is 704 g/mol. The Kier molecular flexibility index (Phi) is 12.0. The van der Waals surface area contributed by atoms with Crippen LogP contribution in [0.15, 0.2) is 48.0 Å². The van der Waals surface area contributed by atoms with E-state index < -0.39 is 71.1 Å². The van der Waals surface area contributed by atoms with E-state index in [-0.39, 0.29) is 37.4 Å². The number of nitrogens with zero attached hydrogens (tertiary/aromatic N) is 2. The second kappa shape index (κ2) is 15.1. The summed E-state index contributed by atoms with van der Waals surface area (Å²) in [5.74, 6) is -1.24. The van der Waals surface area contributed by atoms with Crippen LogP contribution in [0.5, 0.6) is 0 Å². The van der Waals surface area contributed by atoms with Gasteiger partial charge in [-0.05, 0) is 101 Å². The van der Waals surface area contributed by atoms with Gasteiger partial charge < -0.3 is 24.6 Å². The summed E-state index contributed by atoms with van der Waals surface area (Å²) in [4.78, 5) is 41.3. The van der Waals surface area contributed by atoms with Crippen molar-refractivity contribution in [1.29, 1.82) is 0 Å². The molecule has 0 aliphatic carbocycles. The summed E-state index contributed by atoms with van der Waals surface area (Å²) in [7, 11) is 2.45. The maximum Gasteiger partial charge on any atom is 0.416 e. The predicted molar refractivity (Wildman–Crippen MR) is 166 cm³/mol. The van der Waals surface area contributed by atoms with Gasteiger partial charge in [-0.2, -0.15) is 26.3 Å². The van der Waals surface area contributed by atoms with Gasteiger partial charge in [-0.1, -0.05) is 17.7 Å². The number of urea groups is 1. The van der Waals surface area contributed by atoms with Gasteiger partial charge in [0.25, 0.3) is 0 Å². The van der Waals surface area contributed by atoms with Crippen molar-refractivity contribution in [3.05, 3.63) is 81.7 Å². The molecule has 0 spiro atoms. The third-order valence-corrected chi connectivity index (χ3v) is 8.14. The molecule has 1 fully saturated rings. The van der Waals surface area contributed by atoms with Crippen LogP contribution >= 0.6 is 0 Å². The molecule has 49 heavy (non-hydrogen) atoms. The molecule has 1 N–H and O–H groups in total. The fourth-order valence-electron chi connectivity index (χ4n) is 5.49. The lowest BCUT2D eigenvalue weighted by molar-refractivity contribution is -0.144. The molecular formula is C34H40F7N3O5. The van der Waals surface area contributed by atoms with Crippen LogP contribution in [0, 0.1) is 12.7 Å². The molecule has 0 saturated carbocycles. The van der Waals surface area contributed by atoms with Gasteiger partial charge in [0.05, 0.1) is 30.3 Å². The van der Waals surface area contributed by atoms with Gasteiger partial charge in [-0.25, -0.2) is 18.8 Å². The van der Waals surface area contributed by atoms with Crippen LogP contribution in [-0.4, -0.2) is 60.2 Å². The van der Waals surface area contributed by atoms with Crippen molar-refractivity contribution < 1.29 is 54.6 Å². The largest absolute Gasteiger partial charge is 0.467 e. The molecule has 2 aromatic carbocycles. The number of carbonyl (C=O) groups excluding carboxylic acids is 3. The number of ether oxygens (including phenoxy) is 2. The topological polar surface area (TPSA) is 88.2 Å². The van der Waals surface area contributed by atoms with Crippen LogP contribution in [0.1, 0.15) is 86.9 Å². The second-order valence-electron chi connectivity index (χ2n) is 12.9. The number of piperidine rings is 1. The average Bonchev–Trinajstić information content (AvgIpc) is 2.99. The second-order valence-corrected chi connectivity index (χ2v) is 12.9. The fraction of sp³-hybridized carbons (Fsp3) is 0.500. The minimum absolute atomic E-state index is 0.0122. The summed E-state index contributed by atoms with van der Waals surface area (Å²) >= 11 is 0. The highest BCUT2D eigenvalue weighted by Gasteiger charge is 2.39. The first-order valence-electron chi connectivity index (χ1n) is 15.4. The van der Waals surface area contributed by atoms with Gasteiger partial charge in [0.1, 0.15) is 17.5 Å². The molecule has 270 valence electrons. The molecule has 1 saturated heterocycles. The smallest absolute Gasteiger partial charge is 0.416 e. The lowest BCUT2D eigenvalue weighted by Gasteiger charge is -2.41. The third kappa shape index (κ3) is 10.3. The highest BCUT2D eigenvalue weighted by Crippen LogP contribution is 2.40. The summed E-state index contributed by atoms with van der Waals surface area (Å²) in [6.45, 7) is 8.02.